The van der Waals surface area contributed by atoms with E-state index in [0.717, 1.165) is 23.0 Å². The summed E-state index contributed by atoms with van der Waals surface area (Å²) in [6.45, 7) is 5.22. The fraction of sp³-hybridized carbons (Fsp3) is 0.533. The Morgan fingerprint density at radius 3 is 2.63 bits per heavy atom. The molecule has 0 saturated heterocycles. The van der Waals surface area contributed by atoms with E-state index < -0.39 is 5.97 Å². The van der Waals surface area contributed by atoms with Crippen molar-refractivity contribution < 1.29 is 9.90 Å². The van der Waals surface area contributed by atoms with Gasteiger partial charge in [0.15, 0.2) is 0 Å². The van der Waals surface area contributed by atoms with Gasteiger partial charge in [-0.25, -0.2) is 4.79 Å². The van der Waals surface area contributed by atoms with Gasteiger partial charge >= 0.3 is 5.97 Å². The minimum absolute atomic E-state index is 0.316. The molecule has 1 N–H and O–H groups in total. The number of rotatable bonds is 6. The molecule has 1 aromatic carbocycles. The lowest BCUT2D eigenvalue weighted by Crippen LogP contribution is -2.34. The molecule has 3 nitrogen and oxygen atoms in total. The average Bonchev–Trinajstić information content (AvgIpc) is 3.18. The number of carboxylic acids is 1. The molecule has 2 rings (SSSR count). The van der Waals surface area contributed by atoms with E-state index >= 15 is 0 Å². The summed E-state index contributed by atoms with van der Waals surface area (Å²) in [5, 5.41) is 9.52. The molecule has 1 aliphatic carbocycles. The average molecular weight is 279 g/mol. The van der Waals surface area contributed by atoms with E-state index in [1.807, 2.05) is 24.5 Å². The number of hydrogen-bond acceptors (Lipinski definition) is 3. The van der Waals surface area contributed by atoms with Gasteiger partial charge in [0.05, 0.1) is 11.3 Å². The number of aromatic carboxylic acids is 1. The molecule has 0 atom stereocenters. The number of hydrogen-bond donors (Lipinski definition) is 1. The summed E-state index contributed by atoms with van der Waals surface area (Å²) in [6.07, 6.45) is 4.47. The minimum atomic E-state index is -0.832. The lowest BCUT2D eigenvalue weighted by Gasteiger charge is -2.31. The number of benzene rings is 1. The fourth-order valence-electron chi connectivity index (χ4n) is 2.31. The van der Waals surface area contributed by atoms with E-state index in [-0.39, 0.29) is 0 Å². The third-order valence-electron chi connectivity index (χ3n) is 3.52. The first-order valence-corrected chi connectivity index (χ1v) is 7.94. The summed E-state index contributed by atoms with van der Waals surface area (Å²) in [6, 6.07) is 6.09. The van der Waals surface area contributed by atoms with Gasteiger partial charge in [0.2, 0.25) is 0 Å². The second kappa shape index (κ2) is 5.87. The first-order chi connectivity index (χ1) is 9.04. The molecule has 1 saturated carbocycles. The van der Waals surface area contributed by atoms with Gasteiger partial charge in [0.1, 0.15) is 0 Å². The molecular formula is C15H21NO2S. The second-order valence-electron chi connectivity index (χ2n) is 5.35. The van der Waals surface area contributed by atoms with Gasteiger partial charge in [-0.05, 0) is 51.0 Å². The van der Waals surface area contributed by atoms with Crippen LogP contribution in [0, 0.1) is 5.92 Å². The van der Waals surface area contributed by atoms with Gasteiger partial charge in [-0.3, -0.25) is 0 Å². The third-order valence-corrected chi connectivity index (χ3v) is 4.30. The van der Waals surface area contributed by atoms with Gasteiger partial charge < -0.3 is 10.0 Å². The van der Waals surface area contributed by atoms with Gasteiger partial charge in [-0.1, -0.05) is 6.07 Å². The standard InChI is InChI=1S/C15H21NO2S/c1-10(2)16(9-11-7-8-11)12-5-4-6-13(19-3)14(12)15(17)18/h4-6,10-11H,7-9H2,1-3H3,(H,17,18). The Morgan fingerprint density at radius 2 is 2.16 bits per heavy atom. The van der Waals surface area contributed by atoms with E-state index in [9.17, 15) is 9.90 Å². The summed E-state index contributed by atoms with van der Waals surface area (Å²) < 4.78 is 0. The summed E-state index contributed by atoms with van der Waals surface area (Å²) in [5.74, 6) is -0.0941. The Morgan fingerprint density at radius 1 is 1.47 bits per heavy atom. The van der Waals surface area contributed by atoms with E-state index in [1.54, 1.807) is 0 Å². The summed E-state index contributed by atoms with van der Waals surface area (Å²) >= 11 is 1.49. The predicted octanol–water partition coefficient (Wildman–Crippen LogP) is 3.73. The number of anilines is 1. The molecule has 0 unspecified atom stereocenters. The Kier molecular flexibility index (Phi) is 4.40. The molecule has 0 amide bonds. The molecule has 0 heterocycles. The fourth-order valence-corrected chi connectivity index (χ4v) is 2.92. The van der Waals surface area contributed by atoms with Crippen LogP contribution in [-0.4, -0.2) is 29.9 Å². The van der Waals surface area contributed by atoms with Crippen LogP contribution < -0.4 is 4.90 Å². The lowest BCUT2D eigenvalue weighted by atomic mass is 10.1. The van der Waals surface area contributed by atoms with Crippen molar-refractivity contribution in [3.05, 3.63) is 23.8 Å². The number of carboxylic acid groups (broad SMARTS) is 1. The number of nitrogens with zero attached hydrogens (tertiary/aromatic N) is 1. The Balaban J connectivity index is 2.42. The molecule has 19 heavy (non-hydrogen) atoms. The van der Waals surface area contributed by atoms with Gasteiger partial charge in [-0.15, -0.1) is 11.8 Å². The van der Waals surface area contributed by atoms with Crippen molar-refractivity contribution in [3.8, 4) is 0 Å². The summed E-state index contributed by atoms with van der Waals surface area (Å²) in [4.78, 5) is 14.7. The maximum atomic E-state index is 11.6. The Hall–Kier alpha value is -1.16. The molecule has 0 bridgehead atoms. The summed E-state index contributed by atoms with van der Waals surface area (Å²) in [7, 11) is 0. The highest BCUT2D eigenvalue weighted by molar-refractivity contribution is 7.98. The molecule has 1 fully saturated rings. The van der Waals surface area contributed by atoms with Crippen LogP contribution in [0.3, 0.4) is 0 Å². The molecule has 0 radical (unpaired) electrons. The van der Waals surface area contributed by atoms with Crippen molar-refractivity contribution in [2.45, 2.75) is 37.6 Å². The molecule has 0 aromatic heterocycles. The zero-order valence-corrected chi connectivity index (χ0v) is 12.5. The van der Waals surface area contributed by atoms with Crippen molar-refractivity contribution in [3.63, 3.8) is 0 Å². The highest BCUT2D eigenvalue weighted by atomic mass is 32.2. The van der Waals surface area contributed by atoms with Crippen LogP contribution in [0.2, 0.25) is 0 Å². The van der Waals surface area contributed by atoms with Crippen molar-refractivity contribution >= 4 is 23.4 Å². The van der Waals surface area contributed by atoms with Crippen LogP contribution in [0.5, 0.6) is 0 Å². The Bertz CT molecular complexity index is 469. The smallest absolute Gasteiger partial charge is 0.338 e. The first-order valence-electron chi connectivity index (χ1n) is 6.71. The molecule has 4 heteroatoms. The van der Waals surface area contributed by atoms with Crippen molar-refractivity contribution in [2.24, 2.45) is 5.92 Å². The molecule has 1 aliphatic rings. The van der Waals surface area contributed by atoms with Crippen LogP contribution >= 0.6 is 11.8 Å². The zero-order chi connectivity index (χ0) is 14.0. The largest absolute Gasteiger partial charge is 0.478 e. The van der Waals surface area contributed by atoms with Crippen LogP contribution in [0.4, 0.5) is 5.69 Å². The van der Waals surface area contributed by atoms with E-state index in [1.165, 1.54) is 24.6 Å². The van der Waals surface area contributed by atoms with Crippen molar-refractivity contribution in [1.29, 1.82) is 0 Å². The van der Waals surface area contributed by atoms with Crippen LogP contribution in [0.15, 0.2) is 23.1 Å². The zero-order valence-electron chi connectivity index (χ0n) is 11.7. The van der Waals surface area contributed by atoms with E-state index in [2.05, 4.69) is 18.7 Å². The van der Waals surface area contributed by atoms with Gasteiger partial charge in [-0.2, -0.15) is 0 Å². The summed E-state index contributed by atoms with van der Waals surface area (Å²) in [5.41, 5.74) is 1.31. The van der Waals surface area contributed by atoms with Crippen LogP contribution in [0.25, 0.3) is 0 Å². The topological polar surface area (TPSA) is 40.5 Å². The molecular weight excluding hydrogens is 258 g/mol. The van der Waals surface area contributed by atoms with E-state index in [0.29, 0.717) is 11.6 Å². The second-order valence-corrected chi connectivity index (χ2v) is 6.20. The first kappa shape index (κ1) is 14.3. The molecule has 1 aromatic rings. The number of thioether (sulfide) groups is 1. The van der Waals surface area contributed by atoms with Crippen LogP contribution in [-0.2, 0) is 0 Å². The number of carbonyl (C=O) groups is 1. The molecule has 0 aliphatic heterocycles. The highest BCUT2D eigenvalue weighted by Gasteiger charge is 2.28. The quantitative estimate of drug-likeness (QED) is 0.805. The Labute approximate surface area is 119 Å². The van der Waals surface area contributed by atoms with Crippen molar-refractivity contribution in [2.75, 3.05) is 17.7 Å². The lowest BCUT2D eigenvalue weighted by molar-refractivity contribution is 0.0693. The SMILES string of the molecule is CSc1cccc(N(CC2CC2)C(C)C)c1C(=O)O. The third kappa shape index (κ3) is 3.24. The van der Waals surface area contributed by atoms with Crippen molar-refractivity contribution in [1.82, 2.24) is 0 Å². The maximum Gasteiger partial charge on any atom is 0.338 e. The monoisotopic (exact) mass is 279 g/mol. The van der Waals surface area contributed by atoms with Gasteiger partial charge in [0, 0.05) is 17.5 Å². The molecule has 0 spiro atoms. The normalized spacial score (nSPS) is 14.7. The molecule has 104 valence electrons. The van der Waals surface area contributed by atoms with Crippen LogP contribution in [0.1, 0.15) is 37.0 Å². The minimum Gasteiger partial charge on any atom is -0.478 e. The predicted molar refractivity (Wildman–Crippen MR) is 80.4 cm³/mol. The van der Waals surface area contributed by atoms with E-state index in [4.69, 9.17) is 0 Å². The van der Waals surface area contributed by atoms with Gasteiger partial charge in [0.25, 0.3) is 0 Å². The highest BCUT2D eigenvalue weighted by Crippen LogP contribution is 2.35. The maximum absolute atomic E-state index is 11.6.